The van der Waals surface area contributed by atoms with Crippen LogP contribution >= 0.6 is 27.5 Å². The number of ether oxygens (including phenoxy) is 2. The minimum Gasteiger partial charge on any atom is -0.497 e. The van der Waals surface area contributed by atoms with Crippen LogP contribution in [0.15, 0.2) is 40.9 Å². The molecule has 2 rings (SSSR count). The van der Waals surface area contributed by atoms with Gasteiger partial charge in [0, 0.05) is 15.5 Å². The van der Waals surface area contributed by atoms with Crippen LogP contribution < -0.4 is 15.2 Å². The molecular weight excluding hydrogens is 354 g/mol. The molecule has 1 atom stereocenters. The molecule has 5 heteroatoms. The maximum atomic E-state index is 6.34. The number of rotatable bonds is 5. The minimum atomic E-state index is -0.193. The molecule has 0 saturated heterocycles. The summed E-state index contributed by atoms with van der Waals surface area (Å²) in [7, 11) is 3.28. The van der Waals surface area contributed by atoms with Crippen LogP contribution in [0.3, 0.4) is 0 Å². The quantitative estimate of drug-likeness (QED) is 0.850. The summed E-state index contributed by atoms with van der Waals surface area (Å²) in [6.07, 6.45) is 0.621. The maximum Gasteiger partial charge on any atom is 0.122 e. The summed E-state index contributed by atoms with van der Waals surface area (Å²) < 4.78 is 11.6. The van der Waals surface area contributed by atoms with E-state index in [1.54, 1.807) is 20.3 Å². The molecule has 0 saturated carbocycles. The minimum absolute atomic E-state index is 0.193. The van der Waals surface area contributed by atoms with E-state index in [1.807, 2.05) is 30.3 Å². The van der Waals surface area contributed by atoms with Crippen LogP contribution in [0, 0.1) is 0 Å². The van der Waals surface area contributed by atoms with Crippen LogP contribution in [0.25, 0.3) is 0 Å². The molecule has 0 aliphatic rings. The van der Waals surface area contributed by atoms with Crippen LogP contribution in [0.2, 0.25) is 5.02 Å². The van der Waals surface area contributed by atoms with Gasteiger partial charge in [0.2, 0.25) is 0 Å². The van der Waals surface area contributed by atoms with Gasteiger partial charge in [0.05, 0.1) is 14.2 Å². The first kappa shape index (κ1) is 16.1. The van der Waals surface area contributed by atoms with E-state index >= 15 is 0 Å². The standard InChI is InChI=1S/C16H17BrClNO2/c1-20-12-4-5-14(17)13(9-12)15(19)8-10-7-11(18)3-6-16(10)21-2/h3-7,9,15H,8,19H2,1-2H3. The van der Waals surface area contributed by atoms with Crippen LogP contribution in [0.4, 0.5) is 0 Å². The van der Waals surface area contributed by atoms with E-state index in [0.717, 1.165) is 27.1 Å². The van der Waals surface area contributed by atoms with Crippen molar-refractivity contribution in [1.29, 1.82) is 0 Å². The molecule has 0 amide bonds. The predicted octanol–water partition coefficient (Wildman–Crippen LogP) is 4.36. The highest BCUT2D eigenvalue weighted by Gasteiger charge is 2.15. The number of hydrogen-bond acceptors (Lipinski definition) is 3. The van der Waals surface area contributed by atoms with Crippen LogP contribution in [-0.2, 0) is 6.42 Å². The largest absolute Gasteiger partial charge is 0.497 e. The lowest BCUT2D eigenvalue weighted by molar-refractivity contribution is 0.407. The van der Waals surface area contributed by atoms with E-state index in [4.69, 9.17) is 26.8 Å². The zero-order valence-corrected chi connectivity index (χ0v) is 14.2. The Morgan fingerprint density at radius 2 is 1.90 bits per heavy atom. The first-order chi connectivity index (χ1) is 10.0. The molecule has 0 fully saturated rings. The van der Waals surface area contributed by atoms with Gasteiger partial charge < -0.3 is 15.2 Å². The second-order valence-corrected chi connectivity index (χ2v) is 5.95. The van der Waals surface area contributed by atoms with Gasteiger partial charge in [0.25, 0.3) is 0 Å². The Labute approximate surface area is 138 Å². The van der Waals surface area contributed by atoms with Crippen molar-refractivity contribution in [2.24, 2.45) is 5.73 Å². The third-order valence-electron chi connectivity index (χ3n) is 3.28. The molecule has 0 spiro atoms. The van der Waals surface area contributed by atoms with E-state index in [1.165, 1.54) is 0 Å². The van der Waals surface area contributed by atoms with E-state index < -0.39 is 0 Å². The average molecular weight is 371 g/mol. The van der Waals surface area contributed by atoms with Crippen molar-refractivity contribution in [3.63, 3.8) is 0 Å². The summed E-state index contributed by atoms with van der Waals surface area (Å²) in [5, 5.41) is 0.669. The van der Waals surface area contributed by atoms with Gasteiger partial charge in [-0.25, -0.2) is 0 Å². The molecular formula is C16H17BrClNO2. The molecule has 0 aliphatic carbocycles. The van der Waals surface area contributed by atoms with Gasteiger partial charge >= 0.3 is 0 Å². The zero-order valence-electron chi connectivity index (χ0n) is 11.9. The Morgan fingerprint density at radius 1 is 1.14 bits per heavy atom. The highest BCUT2D eigenvalue weighted by atomic mass is 79.9. The summed E-state index contributed by atoms with van der Waals surface area (Å²) in [5.74, 6) is 1.57. The molecule has 0 aromatic heterocycles. The fourth-order valence-electron chi connectivity index (χ4n) is 2.19. The van der Waals surface area contributed by atoms with Crippen LogP contribution in [0.1, 0.15) is 17.2 Å². The van der Waals surface area contributed by atoms with E-state index in [-0.39, 0.29) is 6.04 Å². The summed E-state index contributed by atoms with van der Waals surface area (Å²) in [6, 6.07) is 11.1. The Hall–Kier alpha value is -1.23. The second kappa shape index (κ2) is 7.16. The van der Waals surface area contributed by atoms with Crippen molar-refractivity contribution in [2.45, 2.75) is 12.5 Å². The monoisotopic (exact) mass is 369 g/mol. The van der Waals surface area contributed by atoms with Gasteiger partial charge in [-0.15, -0.1) is 0 Å². The Kier molecular flexibility index (Phi) is 5.51. The van der Waals surface area contributed by atoms with Crippen molar-refractivity contribution in [2.75, 3.05) is 14.2 Å². The van der Waals surface area contributed by atoms with Gasteiger partial charge in [-0.2, -0.15) is 0 Å². The molecule has 0 heterocycles. The highest BCUT2D eigenvalue weighted by Crippen LogP contribution is 2.31. The summed E-state index contributed by atoms with van der Waals surface area (Å²) in [6.45, 7) is 0. The van der Waals surface area contributed by atoms with E-state index in [9.17, 15) is 0 Å². The van der Waals surface area contributed by atoms with Crippen molar-refractivity contribution in [3.05, 3.63) is 57.0 Å². The molecule has 0 radical (unpaired) electrons. The van der Waals surface area contributed by atoms with Crippen LogP contribution in [0.5, 0.6) is 11.5 Å². The fourth-order valence-corrected chi connectivity index (χ4v) is 2.92. The average Bonchev–Trinajstić information content (AvgIpc) is 2.48. The van der Waals surface area contributed by atoms with Crippen LogP contribution in [-0.4, -0.2) is 14.2 Å². The fraction of sp³-hybridized carbons (Fsp3) is 0.250. The smallest absolute Gasteiger partial charge is 0.122 e. The number of methoxy groups -OCH3 is 2. The molecule has 0 aliphatic heterocycles. The topological polar surface area (TPSA) is 44.5 Å². The first-order valence-corrected chi connectivity index (χ1v) is 7.63. The zero-order chi connectivity index (χ0) is 15.4. The molecule has 21 heavy (non-hydrogen) atoms. The van der Waals surface area contributed by atoms with Gasteiger partial charge in [-0.3, -0.25) is 0 Å². The molecule has 2 N–H and O–H groups in total. The molecule has 1 unspecified atom stereocenters. The first-order valence-electron chi connectivity index (χ1n) is 6.46. The van der Waals surface area contributed by atoms with Crippen molar-refractivity contribution < 1.29 is 9.47 Å². The Morgan fingerprint density at radius 3 is 2.57 bits per heavy atom. The lowest BCUT2D eigenvalue weighted by Crippen LogP contribution is -2.14. The number of benzene rings is 2. The Bertz CT molecular complexity index is 634. The van der Waals surface area contributed by atoms with Gasteiger partial charge in [-0.1, -0.05) is 27.5 Å². The molecule has 0 bridgehead atoms. The van der Waals surface area contributed by atoms with Crippen molar-refractivity contribution in [3.8, 4) is 11.5 Å². The molecule has 2 aromatic carbocycles. The number of nitrogens with two attached hydrogens (primary N) is 1. The lowest BCUT2D eigenvalue weighted by Gasteiger charge is -2.17. The molecule has 3 nitrogen and oxygen atoms in total. The third-order valence-corrected chi connectivity index (χ3v) is 4.24. The number of hydrogen-bond donors (Lipinski definition) is 1. The lowest BCUT2D eigenvalue weighted by atomic mass is 9.99. The van der Waals surface area contributed by atoms with Gasteiger partial charge in [0.1, 0.15) is 11.5 Å². The number of halogens is 2. The Balaban J connectivity index is 2.29. The molecule has 2 aromatic rings. The van der Waals surface area contributed by atoms with Crippen molar-refractivity contribution >= 4 is 27.5 Å². The normalized spacial score (nSPS) is 12.0. The summed E-state index contributed by atoms with van der Waals surface area (Å²) in [5.41, 5.74) is 8.30. The maximum absolute atomic E-state index is 6.34. The SMILES string of the molecule is COc1ccc(Br)c(C(N)Cc2cc(Cl)ccc2OC)c1. The molecule has 112 valence electrons. The van der Waals surface area contributed by atoms with E-state index in [0.29, 0.717) is 11.4 Å². The highest BCUT2D eigenvalue weighted by molar-refractivity contribution is 9.10. The van der Waals surface area contributed by atoms with E-state index in [2.05, 4.69) is 15.9 Å². The predicted molar refractivity (Wildman–Crippen MR) is 89.3 cm³/mol. The summed E-state index contributed by atoms with van der Waals surface area (Å²) >= 11 is 9.59. The second-order valence-electron chi connectivity index (χ2n) is 4.65. The van der Waals surface area contributed by atoms with Gasteiger partial charge in [-0.05, 0) is 53.9 Å². The van der Waals surface area contributed by atoms with Gasteiger partial charge in [0.15, 0.2) is 0 Å². The van der Waals surface area contributed by atoms with Crippen molar-refractivity contribution in [1.82, 2.24) is 0 Å². The summed E-state index contributed by atoms with van der Waals surface area (Å²) in [4.78, 5) is 0. The third kappa shape index (κ3) is 3.90.